The number of halogens is 1. The number of hydrogen-bond acceptors (Lipinski definition) is 8. The number of carbonyl (C=O) groups is 4. The molecule has 206 valence electrons. The molecule has 1 heterocycles. The number of carboxylic acids is 2. The Morgan fingerprint density at radius 2 is 1.66 bits per heavy atom. The normalized spacial score (nSPS) is 16.6. The summed E-state index contributed by atoms with van der Waals surface area (Å²) in [6, 6.07) is 13.0. The Morgan fingerprint density at radius 1 is 1.05 bits per heavy atom. The van der Waals surface area contributed by atoms with E-state index >= 15 is 0 Å². The van der Waals surface area contributed by atoms with Crippen LogP contribution in [0.3, 0.4) is 0 Å². The summed E-state index contributed by atoms with van der Waals surface area (Å²) in [5.74, 6) is -3.66. The van der Waals surface area contributed by atoms with Crippen LogP contribution in [0.2, 0.25) is 5.02 Å². The van der Waals surface area contributed by atoms with E-state index in [1.807, 2.05) is 36.4 Å². The van der Waals surface area contributed by atoms with Crippen molar-refractivity contribution in [1.29, 1.82) is 0 Å². The summed E-state index contributed by atoms with van der Waals surface area (Å²) in [5.41, 5.74) is 1.65. The molecule has 2 aromatic rings. The summed E-state index contributed by atoms with van der Waals surface area (Å²) in [6.07, 6.45) is -0.964. The summed E-state index contributed by atoms with van der Waals surface area (Å²) in [5, 5.41) is 14.9. The highest BCUT2D eigenvalue weighted by Crippen LogP contribution is 2.47. The van der Waals surface area contributed by atoms with Crippen LogP contribution in [0, 0.1) is 0 Å². The molecular weight excluding hydrogens is 536 g/mol. The summed E-state index contributed by atoms with van der Waals surface area (Å²) in [4.78, 5) is 48.8. The topological polar surface area (TPSA) is 134 Å². The molecule has 2 atom stereocenters. The Bertz CT molecular complexity index is 1130. The summed E-state index contributed by atoms with van der Waals surface area (Å²) >= 11 is 7.80. The zero-order valence-electron chi connectivity index (χ0n) is 21.5. The average Bonchev–Trinajstić information content (AvgIpc) is 2.99. The summed E-state index contributed by atoms with van der Waals surface area (Å²) in [6.45, 7) is 8.51. The van der Waals surface area contributed by atoms with Crippen molar-refractivity contribution >= 4 is 52.9 Å². The number of methoxy groups -OCH3 is 1. The van der Waals surface area contributed by atoms with Crippen LogP contribution in [0.1, 0.15) is 31.6 Å². The minimum Gasteiger partial charge on any atom is -0.497 e. The molecule has 0 spiro atoms. The maximum Gasteiger partial charge on any atom is 0.414 e. The average molecular weight is 567 g/mol. The first kappa shape index (κ1) is 30.9. The molecule has 0 radical (unpaired) electrons. The van der Waals surface area contributed by atoms with Crippen LogP contribution in [0.25, 0.3) is 0 Å². The van der Waals surface area contributed by atoms with Gasteiger partial charge in [0.05, 0.1) is 18.0 Å². The second-order valence-electron chi connectivity index (χ2n) is 8.08. The fourth-order valence-corrected chi connectivity index (χ4v) is 5.34. The first-order valence-electron chi connectivity index (χ1n) is 11.8. The largest absolute Gasteiger partial charge is 0.497 e. The van der Waals surface area contributed by atoms with E-state index in [0.29, 0.717) is 23.9 Å². The van der Waals surface area contributed by atoms with Gasteiger partial charge in [0.1, 0.15) is 5.75 Å². The third-order valence-electron chi connectivity index (χ3n) is 5.71. The molecule has 1 amide bonds. The lowest BCUT2D eigenvalue weighted by atomic mass is 10.1. The molecule has 0 saturated carbocycles. The van der Waals surface area contributed by atoms with Crippen molar-refractivity contribution in [3.63, 3.8) is 0 Å². The van der Waals surface area contributed by atoms with Crippen LogP contribution < -0.4 is 9.64 Å². The smallest absolute Gasteiger partial charge is 0.414 e. The van der Waals surface area contributed by atoms with Crippen LogP contribution in [0.15, 0.2) is 47.4 Å². The van der Waals surface area contributed by atoms with Gasteiger partial charge >= 0.3 is 17.9 Å². The third-order valence-corrected chi connectivity index (χ3v) is 7.29. The van der Waals surface area contributed by atoms with Gasteiger partial charge in [0.25, 0.3) is 5.91 Å². The lowest BCUT2D eigenvalue weighted by Gasteiger charge is -2.29. The summed E-state index contributed by atoms with van der Waals surface area (Å²) in [7, 11) is 1.60. The number of rotatable bonds is 8. The van der Waals surface area contributed by atoms with Crippen LogP contribution in [-0.2, 0) is 23.9 Å². The van der Waals surface area contributed by atoms with Crippen molar-refractivity contribution in [1.82, 2.24) is 4.90 Å². The molecule has 0 fully saturated rings. The molecule has 0 saturated heterocycles. The van der Waals surface area contributed by atoms with Crippen molar-refractivity contribution in [2.24, 2.45) is 0 Å². The highest BCUT2D eigenvalue weighted by atomic mass is 35.5. The molecule has 0 bridgehead atoms. The van der Waals surface area contributed by atoms with Gasteiger partial charge in [-0.3, -0.25) is 9.59 Å². The number of nitrogens with zero attached hydrogens (tertiary/aromatic N) is 2. The standard InChI is InChI=1S/C24H29ClN2O4S.C2H2O4/c1-5-26(6-2)13-14-27-20-12-9-18(25)15-21(20)32-23(22(24(27)29)31-16(3)28)17-7-10-19(30-4)11-8-17;3-1(4)2(5)6/h7-12,15,22-23H,5-6,13-14H2,1-4H3;(H,3,4)(H,5,6)/t22-,23+;/m1./s1. The monoisotopic (exact) mass is 566 g/mol. The molecular formula is C26H31ClN2O8S. The van der Waals surface area contributed by atoms with E-state index in [2.05, 4.69) is 18.7 Å². The maximum absolute atomic E-state index is 13.8. The van der Waals surface area contributed by atoms with Crippen molar-refractivity contribution in [2.75, 3.05) is 38.2 Å². The van der Waals surface area contributed by atoms with Crippen LogP contribution >= 0.6 is 23.4 Å². The second kappa shape index (κ2) is 14.6. The van der Waals surface area contributed by atoms with E-state index in [4.69, 9.17) is 40.9 Å². The fourth-order valence-electron chi connectivity index (χ4n) is 3.75. The quantitative estimate of drug-likeness (QED) is 0.357. The molecule has 0 aromatic heterocycles. The van der Waals surface area contributed by atoms with Crippen molar-refractivity contribution in [3.05, 3.63) is 53.1 Å². The molecule has 1 aliphatic heterocycles. The number of anilines is 1. The van der Waals surface area contributed by atoms with E-state index in [1.54, 1.807) is 18.1 Å². The first-order valence-corrected chi connectivity index (χ1v) is 13.0. The number of esters is 1. The predicted octanol–water partition coefficient (Wildman–Crippen LogP) is 3.96. The number of aliphatic carboxylic acids is 2. The predicted molar refractivity (Wildman–Crippen MR) is 144 cm³/mol. The lowest BCUT2D eigenvalue weighted by Crippen LogP contribution is -2.45. The molecule has 1 aliphatic rings. The first-order chi connectivity index (χ1) is 18.0. The lowest BCUT2D eigenvalue weighted by molar-refractivity contribution is -0.159. The zero-order valence-corrected chi connectivity index (χ0v) is 23.1. The Balaban J connectivity index is 0.000000757. The zero-order chi connectivity index (χ0) is 28.4. The number of carbonyl (C=O) groups excluding carboxylic acids is 2. The molecule has 12 heteroatoms. The number of ether oxygens (including phenoxy) is 2. The molecule has 0 aliphatic carbocycles. The number of fused-ring (bicyclic) bond motifs is 1. The van der Waals surface area contributed by atoms with Crippen molar-refractivity contribution in [2.45, 2.75) is 37.0 Å². The van der Waals surface area contributed by atoms with Gasteiger partial charge in [0, 0.05) is 29.9 Å². The van der Waals surface area contributed by atoms with Gasteiger partial charge in [-0.2, -0.15) is 0 Å². The Kier molecular flexibility index (Phi) is 11.9. The summed E-state index contributed by atoms with van der Waals surface area (Å²) < 4.78 is 10.9. The second-order valence-corrected chi connectivity index (χ2v) is 9.70. The van der Waals surface area contributed by atoms with E-state index in [1.165, 1.54) is 18.7 Å². The van der Waals surface area contributed by atoms with Crippen LogP contribution in [0.4, 0.5) is 5.69 Å². The number of amides is 1. The number of thioether (sulfide) groups is 1. The third kappa shape index (κ3) is 8.37. The van der Waals surface area contributed by atoms with Gasteiger partial charge in [-0.25, -0.2) is 9.59 Å². The number of likely N-dealkylation sites (N-methyl/N-ethyl adjacent to an activating group) is 1. The van der Waals surface area contributed by atoms with Gasteiger partial charge in [-0.15, -0.1) is 11.8 Å². The minimum absolute atomic E-state index is 0.234. The Morgan fingerprint density at radius 3 is 2.16 bits per heavy atom. The van der Waals surface area contributed by atoms with Crippen molar-refractivity contribution < 1.29 is 38.9 Å². The van der Waals surface area contributed by atoms with Crippen LogP contribution in [0.5, 0.6) is 5.75 Å². The molecule has 0 unspecified atom stereocenters. The SMILES string of the molecule is CCN(CC)CCN1C(=O)[C@H](OC(C)=O)[C@H](c2ccc(OC)cc2)Sc2cc(Cl)ccc21.O=C(O)C(=O)O. The number of carboxylic acid groups (broad SMARTS) is 2. The maximum atomic E-state index is 13.8. The molecule has 38 heavy (non-hydrogen) atoms. The van der Waals surface area contributed by atoms with Gasteiger partial charge in [0.2, 0.25) is 0 Å². The van der Waals surface area contributed by atoms with E-state index < -0.39 is 29.3 Å². The molecule has 2 aromatic carbocycles. The van der Waals surface area contributed by atoms with Crippen molar-refractivity contribution in [3.8, 4) is 5.75 Å². The van der Waals surface area contributed by atoms with Gasteiger partial charge in [-0.1, -0.05) is 37.6 Å². The number of benzene rings is 2. The van der Waals surface area contributed by atoms with Gasteiger partial charge in [-0.05, 0) is 49.0 Å². The number of hydrogen-bond donors (Lipinski definition) is 2. The molecule has 10 nitrogen and oxygen atoms in total. The van der Waals surface area contributed by atoms with Gasteiger partial charge in [0.15, 0.2) is 6.10 Å². The molecule has 2 N–H and O–H groups in total. The highest BCUT2D eigenvalue weighted by Gasteiger charge is 2.41. The highest BCUT2D eigenvalue weighted by molar-refractivity contribution is 7.99. The van der Waals surface area contributed by atoms with E-state index in [0.717, 1.165) is 29.2 Å². The van der Waals surface area contributed by atoms with Crippen LogP contribution in [-0.4, -0.2) is 78.3 Å². The van der Waals surface area contributed by atoms with Gasteiger partial charge < -0.3 is 29.5 Å². The minimum atomic E-state index is -1.82. The van der Waals surface area contributed by atoms with E-state index in [-0.39, 0.29) is 5.91 Å². The Hall–Kier alpha value is -3.28. The van der Waals surface area contributed by atoms with E-state index in [9.17, 15) is 9.59 Å². The Labute approximate surface area is 230 Å². The molecule has 3 rings (SSSR count). The fraction of sp³-hybridized carbons (Fsp3) is 0.385.